The zero-order valence-corrected chi connectivity index (χ0v) is 23.7. The number of carbonyl (C=O) groups excluding carboxylic acids is 2. The first-order valence-electron chi connectivity index (χ1n) is 14.4. The number of carbonyl (C=O) groups is 3. The van der Waals surface area contributed by atoms with Crippen molar-refractivity contribution in [3.05, 3.63) is 11.6 Å². The summed E-state index contributed by atoms with van der Waals surface area (Å²) in [6.07, 6.45) is 18.0. The number of hydrogen-bond acceptors (Lipinski definition) is 5. The molecule has 0 aliphatic heterocycles. The zero-order valence-electron chi connectivity index (χ0n) is 23.7. The van der Waals surface area contributed by atoms with E-state index in [1.807, 2.05) is 0 Å². The maximum Gasteiger partial charge on any atom is 0.331 e. The molecule has 5 N–H and O–H groups in total. The molecule has 0 saturated carbocycles. The van der Waals surface area contributed by atoms with Gasteiger partial charge in [0.15, 0.2) is 0 Å². The highest BCUT2D eigenvalue weighted by Crippen LogP contribution is 2.19. The molecule has 0 aliphatic carbocycles. The highest BCUT2D eigenvalue weighted by Gasteiger charge is 2.32. The molecule has 0 aromatic heterocycles. The van der Waals surface area contributed by atoms with Crippen molar-refractivity contribution in [3.63, 3.8) is 0 Å². The van der Waals surface area contributed by atoms with Crippen LogP contribution in [0.2, 0.25) is 0 Å². The van der Waals surface area contributed by atoms with Crippen LogP contribution in [-0.4, -0.2) is 58.9 Å². The Morgan fingerprint density at radius 2 is 1.27 bits per heavy atom. The summed E-state index contributed by atoms with van der Waals surface area (Å²) in [5.41, 5.74) is -0.666. The van der Waals surface area contributed by atoms with Gasteiger partial charge >= 0.3 is 5.97 Å². The van der Waals surface area contributed by atoms with Crippen LogP contribution in [0.15, 0.2) is 11.6 Å². The van der Waals surface area contributed by atoms with Crippen molar-refractivity contribution in [2.45, 2.75) is 130 Å². The van der Waals surface area contributed by atoms with Crippen molar-refractivity contribution in [3.8, 4) is 0 Å². The Hall–Kier alpha value is -1.93. The molecule has 0 aromatic carbocycles. The van der Waals surface area contributed by atoms with Gasteiger partial charge < -0.3 is 26.0 Å². The topological polar surface area (TPSA) is 136 Å². The first-order valence-corrected chi connectivity index (χ1v) is 14.4. The maximum atomic E-state index is 12.0. The monoisotopic (exact) mass is 526 g/mol. The molecular weight excluding hydrogens is 472 g/mol. The second-order valence-corrected chi connectivity index (χ2v) is 10.8. The van der Waals surface area contributed by atoms with Crippen molar-refractivity contribution in [2.24, 2.45) is 5.41 Å². The second-order valence-electron chi connectivity index (χ2n) is 10.8. The Morgan fingerprint density at radius 1 is 0.784 bits per heavy atom. The molecule has 0 heterocycles. The number of unbranched alkanes of at least 4 members (excludes halogenated alkanes) is 13. The maximum absolute atomic E-state index is 12.0. The predicted octanol–water partition coefficient (Wildman–Crippen LogP) is 4.87. The Kier molecular flexibility index (Phi) is 20.9. The summed E-state index contributed by atoms with van der Waals surface area (Å²) in [7, 11) is 0. The van der Waals surface area contributed by atoms with Crippen LogP contribution in [0.5, 0.6) is 0 Å². The first kappa shape index (κ1) is 35.1. The number of aliphatic hydroxyl groups is 2. The quantitative estimate of drug-likeness (QED) is 0.0899. The van der Waals surface area contributed by atoms with E-state index in [0.717, 1.165) is 19.3 Å². The summed E-state index contributed by atoms with van der Waals surface area (Å²) >= 11 is 0. The van der Waals surface area contributed by atoms with E-state index in [1.54, 1.807) is 19.9 Å². The number of aliphatic hydroxyl groups excluding tert-OH is 2. The smallest absolute Gasteiger partial charge is 0.331 e. The molecule has 8 nitrogen and oxygen atoms in total. The molecule has 0 fully saturated rings. The van der Waals surface area contributed by atoms with Crippen LogP contribution in [0.25, 0.3) is 0 Å². The van der Waals surface area contributed by atoms with Gasteiger partial charge in [-0.15, -0.1) is 0 Å². The van der Waals surface area contributed by atoms with Gasteiger partial charge in [0.1, 0.15) is 6.10 Å². The average molecular weight is 527 g/mol. The van der Waals surface area contributed by atoms with Gasteiger partial charge in [-0.2, -0.15) is 0 Å². The predicted molar refractivity (Wildman–Crippen MR) is 148 cm³/mol. The molecule has 0 rings (SSSR count). The number of aliphatic carboxylic acids is 1. The van der Waals surface area contributed by atoms with E-state index < -0.39 is 23.4 Å². The van der Waals surface area contributed by atoms with E-state index in [-0.39, 0.29) is 38.4 Å². The van der Waals surface area contributed by atoms with Gasteiger partial charge in [0.25, 0.3) is 0 Å². The zero-order chi connectivity index (χ0) is 27.9. The Balaban J connectivity index is 3.90. The van der Waals surface area contributed by atoms with Crippen molar-refractivity contribution in [1.82, 2.24) is 10.6 Å². The molecule has 2 amide bonds. The number of nitrogens with one attached hydrogen (secondary N) is 2. The summed E-state index contributed by atoms with van der Waals surface area (Å²) in [5, 5.41) is 33.7. The molecule has 216 valence electrons. The number of hydrogen-bond donors (Lipinski definition) is 5. The van der Waals surface area contributed by atoms with Gasteiger partial charge in [-0.3, -0.25) is 9.59 Å². The number of amides is 2. The largest absolute Gasteiger partial charge is 0.478 e. The molecule has 0 saturated heterocycles. The van der Waals surface area contributed by atoms with Gasteiger partial charge in [-0.25, -0.2) is 4.79 Å². The minimum Gasteiger partial charge on any atom is -0.478 e. The highest BCUT2D eigenvalue weighted by atomic mass is 16.4. The van der Waals surface area contributed by atoms with Crippen molar-refractivity contribution >= 4 is 17.8 Å². The molecule has 8 heteroatoms. The number of carboxylic acid groups (broad SMARTS) is 1. The minimum absolute atomic E-state index is 0.0170. The minimum atomic E-state index is -1.38. The molecular formula is C29H54N2O6. The third-order valence-corrected chi connectivity index (χ3v) is 6.74. The number of carboxylic acids is 1. The van der Waals surface area contributed by atoms with Gasteiger partial charge in [-0.05, 0) is 19.3 Å². The molecule has 1 unspecified atom stereocenters. The lowest BCUT2D eigenvalue weighted by molar-refractivity contribution is -0.137. The fourth-order valence-electron chi connectivity index (χ4n) is 4.00. The van der Waals surface area contributed by atoms with Crippen LogP contribution >= 0.6 is 0 Å². The van der Waals surface area contributed by atoms with E-state index >= 15 is 0 Å². The van der Waals surface area contributed by atoms with Crippen LogP contribution in [0, 0.1) is 5.41 Å². The van der Waals surface area contributed by atoms with Crippen molar-refractivity contribution < 1.29 is 29.7 Å². The van der Waals surface area contributed by atoms with Crippen molar-refractivity contribution in [1.29, 1.82) is 0 Å². The van der Waals surface area contributed by atoms with E-state index in [0.29, 0.717) is 5.57 Å². The molecule has 37 heavy (non-hydrogen) atoms. The SMILES string of the molecule is CCCCCCCCCCCCCCCC=C(CCNC(=O)CCNC(=O)C(O)C(C)(C)CO)C(=O)O. The summed E-state index contributed by atoms with van der Waals surface area (Å²) in [6, 6.07) is 0. The molecule has 0 bridgehead atoms. The number of allylic oxidation sites excluding steroid dienone is 1. The van der Waals surface area contributed by atoms with Crippen LogP contribution in [-0.2, 0) is 14.4 Å². The molecule has 0 aliphatic rings. The van der Waals surface area contributed by atoms with Gasteiger partial charge in [-0.1, -0.05) is 104 Å². The summed E-state index contributed by atoms with van der Waals surface area (Å²) in [4.78, 5) is 35.4. The van der Waals surface area contributed by atoms with Gasteiger partial charge in [0.05, 0.1) is 6.61 Å². The summed E-state index contributed by atoms with van der Waals surface area (Å²) in [6.45, 7) is 5.29. The molecule has 0 aromatic rings. The Morgan fingerprint density at radius 3 is 1.76 bits per heavy atom. The fraction of sp³-hybridized carbons (Fsp3) is 0.828. The Labute approximate surface area is 224 Å². The standard InChI is InChI=1S/C29H54N2O6/c1-4-5-6-7-8-9-10-11-12-13-14-15-16-17-18-24(28(36)37)19-21-30-25(33)20-22-31-27(35)26(34)29(2,3)23-32/h18,26,32,34H,4-17,19-23H2,1-3H3,(H,30,33)(H,31,35)(H,36,37). The third-order valence-electron chi connectivity index (χ3n) is 6.74. The lowest BCUT2D eigenvalue weighted by Gasteiger charge is -2.27. The average Bonchev–Trinajstić information content (AvgIpc) is 2.86. The molecule has 1 atom stereocenters. The third kappa shape index (κ3) is 18.9. The highest BCUT2D eigenvalue weighted by molar-refractivity contribution is 5.86. The van der Waals surface area contributed by atoms with Gasteiger partial charge in [0.2, 0.25) is 11.8 Å². The molecule has 0 radical (unpaired) electrons. The van der Waals surface area contributed by atoms with E-state index in [4.69, 9.17) is 0 Å². The fourth-order valence-corrected chi connectivity index (χ4v) is 4.00. The normalized spacial score (nSPS) is 12.8. The van der Waals surface area contributed by atoms with Crippen LogP contribution in [0.3, 0.4) is 0 Å². The van der Waals surface area contributed by atoms with Crippen molar-refractivity contribution in [2.75, 3.05) is 19.7 Å². The van der Waals surface area contributed by atoms with Crippen LogP contribution in [0.4, 0.5) is 0 Å². The van der Waals surface area contributed by atoms with E-state index in [9.17, 15) is 29.7 Å². The first-order chi connectivity index (χ1) is 17.7. The van der Waals surface area contributed by atoms with E-state index in [2.05, 4.69) is 17.6 Å². The van der Waals surface area contributed by atoms with E-state index in [1.165, 1.54) is 70.6 Å². The number of rotatable bonds is 24. The van der Waals surface area contributed by atoms with Crippen LogP contribution in [0.1, 0.15) is 124 Å². The van der Waals surface area contributed by atoms with Gasteiger partial charge in [0, 0.05) is 30.5 Å². The molecule has 0 spiro atoms. The lowest BCUT2D eigenvalue weighted by atomic mass is 9.87. The second kappa shape index (κ2) is 22.1. The Bertz CT molecular complexity index is 663. The lowest BCUT2D eigenvalue weighted by Crippen LogP contribution is -2.46. The van der Waals surface area contributed by atoms with Crippen LogP contribution < -0.4 is 10.6 Å². The summed E-state index contributed by atoms with van der Waals surface area (Å²) in [5.74, 6) is -1.91. The summed E-state index contributed by atoms with van der Waals surface area (Å²) < 4.78 is 0.